The summed E-state index contributed by atoms with van der Waals surface area (Å²) >= 11 is 0. The molecule has 1 aromatic rings. The van der Waals surface area contributed by atoms with Crippen LogP contribution < -0.4 is 4.90 Å². The molecule has 120 valence electrons. The van der Waals surface area contributed by atoms with E-state index in [-0.39, 0.29) is 11.9 Å². The molecule has 3 aliphatic heterocycles. The summed E-state index contributed by atoms with van der Waals surface area (Å²) in [6, 6.07) is 2.11. The topological polar surface area (TPSA) is 58.6 Å². The highest BCUT2D eigenvalue weighted by molar-refractivity contribution is 5.77. The molecule has 1 amide bonds. The third kappa shape index (κ3) is 3.38. The van der Waals surface area contributed by atoms with E-state index in [1.807, 2.05) is 13.0 Å². The molecule has 4 rings (SSSR count). The van der Waals surface area contributed by atoms with Crippen LogP contribution in [0.2, 0.25) is 0 Å². The number of hydrogen-bond acceptors (Lipinski definition) is 5. The lowest BCUT2D eigenvalue weighted by atomic mass is 9.95. The maximum absolute atomic E-state index is 12.5. The quantitative estimate of drug-likeness (QED) is 0.768. The van der Waals surface area contributed by atoms with Gasteiger partial charge in [-0.05, 0) is 31.7 Å². The zero-order chi connectivity index (χ0) is 15.4. The van der Waals surface area contributed by atoms with Crippen LogP contribution in [-0.4, -0.2) is 59.7 Å². The van der Waals surface area contributed by atoms with Crippen LogP contribution in [0.3, 0.4) is 0 Å². The number of fused-ring (bicyclic) bond motifs is 4. The van der Waals surface area contributed by atoms with Gasteiger partial charge in [-0.3, -0.25) is 4.79 Å². The Morgan fingerprint density at radius 2 is 2.09 bits per heavy atom. The summed E-state index contributed by atoms with van der Waals surface area (Å²) in [4.78, 5) is 25.5. The first kappa shape index (κ1) is 15.2. The van der Waals surface area contributed by atoms with Gasteiger partial charge in [-0.25, -0.2) is 9.97 Å². The molecular weight excluding hydrogens is 280 g/mol. The number of hydrogen-bond donors (Lipinski definition) is 0. The fourth-order valence-electron chi connectivity index (χ4n) is 3.45. The van der Waals surface area contributed by atoms with Gasteiger partial charge in [0.1, 0.15) is 0 Å². The first-order valence-electron chi connectivity index (χ1n) is 8.17. The van der Waals surface area contributed by atoms with Crippen LogP contribution in [-0.2, 0) is 9.53 Å². The van der Waals surface area contributed by atoms with Crippen LogP contribution >= 0.6 is 0 Å². The Kier molecular flexibility index (Phi) is 4.87. The molecule has 0 N–H and O–H groups in total. The van der Waals surface area contributed by atoms with Gasteiger partial charge in [-0.1, -0.05) is 0 Å². The van der Waals surface area contributed by atoms with E-state index in [4.69, 9.17) is 4.74 Å². The number of aromatic nitrogens is 2. The zero-order valence-corrected chi connectivity index (χ0v) is 13.1. The molecule has 3 fully saturated rings. The Hall–Kier alpha value is -1.69. The molecule has 0 saturated carbocycles. The van der Waals surface area contributed by atoms with Crippen molar-refractivity contribution in [1.29, 1.82) is 0 Å². The average molecular weight is 304 g/mol. The number of carbonyl (C=O) groups is 1. The molecule has 2 atom stereocenters. The van der Waals surface area contributed by atoms with Gasteiger partial charge < -0.3 is 14.5 Å². The highest BCUT2D eigenvalue weighted by atomic mass is 16.5. The van der Waals surface area contributed by atoms with Gasteiger partial charge >= 0.3 is 0 Å². The Morgan fingerprint density at radius 1 is 1.27 bits per heavy atom. The monoisotopic (exact) mass is 304 g/mol. The molecule has 4 heterocycles. The summed E-state index contributed by atoms with van der Waals surface area (Å²) in [6.07, 6.45) is 6.30. The van der Waals surface area contributed by atoms with Gasteiger partial charge in [0.05, 0.1) is 13.0 Å². The first-order chi connectivity index (χ1) is 10.8. The van der Waals surface area contributed by atoms with Gasteiger partial charge in [0.15, 0.2) is 0 Å². The molecule has 2 bridgehead atoms. The molecule has 0 unspecified atom stereocenters. The maximum Gasteiger partial charge on any atom is 0.225 e. The van der Waals surface area contributed by atoms with Crippen LogP contribution in [0.5, 0.6) is 0 Å². The molecule has 22 heavy (non-hydrogen) atoms. The minimum atomic E-state index is 0.221. The summed E-state index contributed by atoms with van der Waals surface area (Å²) in [6.45, 7) is 5.78. The molecule has 0 spiro atoms. The molecular formula is C16H24N4O2. The number of nitrogens with zero attached hydrogens (tertiary/aromatic N) is 4. The number of ether oxygens (including phenoxy) is 1. The van der Waals surface area contributed by atoms with Crippen LogP contribution in [0.1, 0.15) is 26.2 Å². The number of piperidine rings is 1. The lowest BCUT2D eigenvalue weighted by molar-refractivity contribution is -0.136. The van der Waals surface area contributed by atoms with E-state index in [9.17, 15) is 4.79 Å². The van der Waals surface area contributed by atoms with Crippen molar-refractivity contribution in [1.82, 2.24) is 14.9 Å². The molecule has 3 saturated heterocycles. The summed E-state index contributed by atoms with van der Waals surface area (Å²) in [5.74, 6) is 1.51. The van der Waals surface area contributed by atoms with Gasteiger partial charge in [0.2, 0.25) is 11.9 Å². The maximum atomic E-state index is 12.5. The van der Waals surface area contributed by atoms with Gasteiger partial charge in [0, 0.05) is 44.7 Å². The Labute approximate surface area is 131 Å². The Morgan fingerprint density at radius 3 is 2.86 bits per heavy atom. The first-order valence-corrected chi connectivity index (χ1v) is 8.17. The minimum absolute atomic E-state index is 0.221. The van der Waals surface area contributed by atoms with E-state index >= 15 is 0 Å². The Balaban J connectivity index is 1.67. The summed E-state index contributed by atoms with van der Waals surface area (Å²) in [5, 5.41) is 0. The molecule has 0 radical (unpaired) electrons. The zero-order valence-electron chi connectivity index (χ0n) is 13.1. The van der Waals surface area contributed by atoms with Crippen molar-refractivity contribution < 1.29 is 9.53 Å². The third-order valence-corrected chi connectivity index (χ3v) is 4.53. The van der Waals surface area contributed by atoms with Crippen molar-refractivity contribution in [2.75, 3.05) is 37.7 Å². The smallest absolute Gasteiger partial charge is 0.225 e. The van der Waals surface area contributed by atoms with Crippen molar-refractivity contribution >= 4 is 11.9 Å². The van der Waals surface area contributed by atoms with Crippen molar-refractivity contribution in [2.45, 2.75) is 32.2 Å². The van der Waals surface area contributed by atoms with Crippen LogP contribution in [0.4, 0.5) is 5.95 Å². The third-order valence-electron chi connectivity index (χ3n) is 4.53. The molecule has 0 aromatic carbocycles. The number of amides is 1. The summed E-state index contributed by atoms with van der Waals surface area (Å²) < 4.78 is 5.32. The van der Waals surface area contributed by atoms with Crippen LogP contribution in [0.25, 0.3) is 0 Å². The number of carbonyl (C=O) groups excluding carboxylic acids is 1. The normalized spacial score (nSPS) is 24.4. The van der Waals surface area contributed by atoms with Gasteiger partial charge in [-0.2, -0.15) is 0 Å². The summed E-state index contributed by atoms with van der Waals surface area (Å²) in [7, 11) is 0. The second-order valence-electron chi connectivity index (χ2n) is 6.04. The van der Waals surface area contributed by atoms with E-state index in [0.29, 0.717) is 25.6 Å². The largest absolute Gasteiger partial charge is 0.381 e. The molecule has 6 heteroatoms. The van der Waals surface area contributed by atoms with Crippen molar-refractivity contribution in [2.24, 2.45) is 5.92 Å². The predicted octanol–water partition coefficient (Wildman–Crippen LogP) is 1.33. The minimum Gasteiger partial charge on any atom is -0.381 e. The number of rotatable bonds is 5. The lowest BCUT2D eigenvalue weighted by Gasteiger charge is -2.36. The molecule has 6 nitrogen and oxygen atoms in total. The molecule has 1 aromatic heterocycles. The second kappa shape index (κ2) is 7.05. The van der Waals surface area contributed by atoms with Crippen molar-refractivity contribution in [3.05, 3.63) is 18.5 Å². The van der Waals surface area contributed by atoms with Crippen LogP contribution in [0, 0.1) is 5.92 Å². The van der Waals surface area contributed by atoms with Crippen molar-refractivity contribution in [3.63, 3.8) is 0 Å². The van der Waals surface area contributed by atoms with Gasteiger partial charge in [-0.15, -0.1) is 0 Å². The van der Waals surface area contributed by atoms with Crippen molar-refractivity contribution in [3.8, 4) is 0 Å². The summed E-state index contributed by atoms with van der Waals surface area (Å²) in [5.41, 5.74) is 0. The Bertz CT molecular complexity index is 496. The lowest BCUT2D eigenvalue weighted by Crippen LogP contribution is -2.47. The fourth-order valence-corrected chi connectivity index (χ4v) is 3.45. The molecule has 0 aliphatic carbocycles. The average Bonchev–Trinajstić information content (AvgIpc) is 2.87. The fraction of sp³-hybridized carbons (Fsp3) is 0.688. The predicted molar refractivity (Wildman–Crippen MR) is 83.6 cm³/mol. The molecule has 3 aliphatic rings. The van der Waals surface area contributed by atoms with E-state index in [0.717, 1.165) is 32.0 Å². The number of anilines is 1. The highest BCUT2D eigenvalue weighted by Crippen LogP contribution is 2.29. The standard InChI is InChI=1S/C16H24N4O2/c1-2-22-9-6-15(21)20-11-13-4-5-14(20)12-19(10-13)16-17-7-3-8-18-16/h3,7-8,13-14H,2,4-6,9-12H2,1H3/t13-,14+/m1/s1. The van der Waals surface area contributed by atoms with E-state index in [1.165, 1.54) is 6.42 Å². The van der Waals surface area contributed by atoms with E-state index < -0.39 is 0 Å². The second-order valence-corrected chi connectivity index (χ2v) is 6.04. The van der Waals surface area contributed by atoms with Gasteiger partial charge in [0.25, 0.3) is 0 Å². The van der Waals surface area contributed by atoms with Crippen LogP contribution in [0.15, 0.2) is 18.5 Å². The SMILES string of the molecule is CCOCCC(=O)N1C[C@@H]2CC[C@H]1CN(c1ncccn1)C2. The van der Waals surface area contributed by atoms with E-state index in [1.54, 1.807) is 12.4 Å². The van der Waals surface area contributed by atoms with E-state index in [2.05, 4.69) is 19.8 Å². The highest BCUT2D eigenvalue weighted by Gasteiger charge is 2.37.